The van der Waals surface area contributed by atoms with Gasteiger partial charge in [-0.15, -0.1) is 27.7 Å². The molecule has 1 amide bonds. The van der Waals surface area contributed by atoms with Gasteiger partial charge in [0.15, 0.2) is 0 Å². The first-order chi connectivity index (χ1) is 9.27. The smallest absolute Gasteiger partial charge is 0.328 e. The summed E-state index contributed by atoms with van der Waals surface area (Å²) in [6.07, 6.45) is 3.67. The van der Waals surface area contributed by atoms with E-state index in [1.165, 1.54) is 7.11 Å². The third kappa shape index (κ3) is 5.06. The highest BCUT2D eigenvalue weighted by atomic mass is 31.1. The van der Waals surface area contributed by atoms with E-state index in [4.69, 9.17) is 5.73 Å². The Morgan fingerprint density at radius 2 is 2.20 bits per heavy atom. The first-order valence-corrected chi connectivity index (χ1v) is 7.48. The number of rotatable bonds is 6. The van der Waals surface area contributed by atoms with Crippen molar-refractivity contribution in [1.82, 2.24) is 14.9 Å². The molecule has 0 aliphatic carbocycles. The van der Waals surface area contributed by atoms with E-state index < -0.39 is 17.9 Å². The number of amides is 1. The molecule has 3 N–H and O–H groups in total. The lowest BCUT2D eigenvalue weighted by Crippen LogP contribution is -2.45. The molecule has 0 aromatic carbocycles. The molecule has 1 rings (SSSR count). The summed E-state index contributed by atoms with van der Waals surface area (Å²) in [5.41, 5.74) is 5.89. The minimum absolute atomic E-state index is 0.187. The normalized spacial score (nSPS) is 12.8. The largest absolute Gasteiger partial charge is 0.467 e. The van der Waals surface area contributed by atoms with Crippen LogP contribution < -0.4 is 11.1 Å². The maximum atomic E-state index is 11.6. The second-order valence-corrected chi connectivity index (χ2v) is 8.99. The highest BCUT2D eigenvalue weighted by Crippen LogP contribution is 2.39. The number of nitrogens with zero attached hydrogens (tertiary/aromatic N) is 2. The van der Waals surface area contributed by atoms with Crippen molar-refractivity contribution in [2.24, 2.45) is 5.73 Å². The van der Waals surface area contributed by atoms with E-state index in [2.05, 4.69) is 42.8 Å². The van der Waals surface area contributed by atoms with Crippen molar-refractivity contribution in [2.45, 2.75) is 17.2 Å². The topological polar surface area (TPSA) is 99.2 Å². The minimum Gasteiger partial charge on any atom is -0.467 e. The van der Waals surface area contributed by atoms with E-state index in [-0.39, 0.29) is 17.7 Å². The van der Waals surface area contributed by atoms with E-state index in [1.807, 2.05) is 4.57 Å². The van der Waals surface area contributed by atoms with Crippen LogP contribution in [0.1, 0.15) is 5.69 Å². The lowest BCUT2D eigenvalue weighted by atomic mass is 10.1. The average Bonchev–Trinajstić information content (AvgIpc) is 2.85. The maximum Gasteiger partial charge on any atom is 0.328 e. The molecule has 10 heteroatoms. The number of hydrogen-bond donors (Lipinski definition) is 2. The molecule has 0 spiro atoms. The Hall–Kier alpha value is -0.600. The third-order valence-electron chi connectivity index (χ3n) is 2.50. The molecular formula is C10H19N4O3P3. The fourth-order valence-electron chi connectivity index (χ4n) is 1.48. The summed E-state index contributed by atoms with van der Waals surface area (Å²) in [6.45, 7) is -0.187. The Bertz CT molecular complexity index is 486. The fourth-order valence-corrected chi connectivity index (χ4v) is 1.90. The van der Waals surface area contributed by atoms with E-state index in [0.29, 0.717) is 5.69 Å². The van der Waals surface area contributed by atoms with Gasteiger partial charge in [-0.1, -0.05) is 0 Å². The van der Waals surface area contributed by atoms with E-state index >= 15 is 0 Å². The molecule has 0 saturated carbocycles. The molecule has 0 aliphatic rings. The molecule has 112 valence electrons. The van der Waals surface area contributed by atoms with Gasteiger partial charge in [-0.2, -0.15) is 0 Å². The van der Waals surface area contributed by atoms with Gasteiger partial charge in [0.2, 0.25) is 5.91 Å². The fraction of sp³-hybridized carbons (Fsp3) is 0.500. The zero-order chi connectivity index (χ0) is 15.3. The van der Waals surface area contributed by atoms with Gasteiger partial charge in [-0.25, -0.2) is 9.78 Å². The number of aromatic nitrogens is 2. The summed E-state index contributed by atoms with van der Waals surface area (Å²) in [5.74, 6) is -0.951. The van der Waals surface area contributed by atoms with Crippen LogP contribution in [0.25, 0.3) is 0 Å². The van der Waals surface area contributed by atoms with Gasteiger partial charge >= 0.3 is 5.97 Å². The summed E-state index contributed by atoms with van der Waals surface area (Å²) in [5, 5.41) is 2.51. The number of esters is 1. The summed E-state index contributed by atoms with van der Waals surface area (Å²) in [7, 11) is 9.13. The predicted molar refractivity (Wildman–Crippen MR) is 86.0 cm³/mol. The Kier molecular flexibility index (Phi) is 6.47. The van der Waals surface area contributed by atoms with Gasteiger partial charge in [0.1, 0.15) is 6.04 Å². The molecule has 1 aromatic rings. The summed E-state index contributed by atoms with van der Waals surface area (Å²) in [6, 6.07) is -0.799. The molecule has 20 heavy (non-hydrogen) atoms. The first kappa shape index (κ1) is 17.5. The van der Waals surface area contributed by atoms with Crippen molar-refractivity contribution in [3.63, 3.8) is 0 Å². The molecule has 7 nitrogen and oxygen atoms in total. The highest BCUT2D eigenvalue weighted by Gasteiger charge is 2.23. The number of nitrogens with one attached hydrogen (secondary N) is 1. The van der Waals surface area contributed by atoms with Crippen LogP contribution in [-0.4, -0.2) is 41.1 Å². The molecular weight excluding hydrogens is 317 g/mol. The quantitative estimate of drug-likeness (QED) is 0.525. The van der Waals surface area contributed by atoms with Gasteiger partial charge in [0.25, 0.3) is 0 Å². The van der Waals surface area contributed by atoms with Gasteiger partial charge < -0.3 is 20.4 Å². The van der Waals surface area contributed by atoms with Crippen LogP contribution in [0.5, 0.6) is 0 Å². The number of ether oxygens (including phenoxy) is 1. The Morgan fingerprint density at radius 1 is 1.55 bits per heavy atom. The number of imidazole rings is 1. The van der Waals surface area contributed by atoms with Crippen LogP contribution >= 0.6 is 27.7 Å². The summed E-state index contributed by atoms with van der Waals surface area (Å²) >= 11 is 0. The Morgan fingerprint density at radius 3 is 2.65 bits per heavy atom. The molecule has 0 aliphatic heterocycles. The van der Waals surface area contributed by atoms with E-state index in [9.17, 15) is 9.59 Å². The zero-order valence-electron chi connectivity index (χ0n) is 11.1. The van der Waals surface area contributed by atoms with Crippen molar-refractivity contribution in [1.29, 1.82) is 0 Å². The average molecular weight is 336 g/mol. The molecule has 1 aromatic heterocycles. The lowest BCUT2D eigenvalue weighted by molar-refractivity contribution is -0.144. The van der Waals surface area contributed by atoms with Crippen LogP contribution in [0.4, 0.5) is 0 Å². The minimum atomic E-state index is -0.799. The van der Waals surface area contributed by atoms with Crippen molar-refractivity contribution < 1.29 is 14.3 Å². The first-order valence-electron chi connectivity index (χ1n) is 5.75. The van der Waals surface area contributed by atoms with Crippen molar-refractivity contribution in [2.75, 3.05) is 13.7 Å². The van der Waals surface area contributed by atoms with Crippen LogP contribution in [0, 0.1) is 0 Å². The number of carbonyl (C=O) groups is 2. The number of methoxy groups -OCH3 is 1. The van der Waals surface area contributed by atoms with Crippen molar-refractivity contribution in [3.05, 3.63) is 18.2 Å². The zero-order valence-corrected chi connectivity index (χ0v) is 14.5. The monoisotopic (exact) mass is 336 g/mol. The molecule has 0 fully saturated rings. The second-order valence-electron chi connectivity index (χ2n) is 4.21. The van der Waals surface area contributed by atoms with Gasteiger partial charge in [-0.3, -0.25) is 4.79 Å². The molecule has 4 atom stereocenters. The molecule has 0 radical (unpaired) electrons. The van der Waals surface area contributed by atoms with E-state index in [1.54, 1.807) is 12.5 Å². The number of hydrogen-bond acceptors (Lipinski definition) is 5. The van der Waals surface area contributed by atoms with Crippen molar-refractivity contribution >= 4 is 39.6 Å². The highest BCUT2D eigenvalue weighted by molar-refractivity contribution is 7.55. The molecule has 4 unspecified atom stereocenters. The summed E-state index contributed by atoms with van der Waals surface area (Å²) < 4.78 is 6.16. The predicted octanol–water partition coefficient (Wildman–Crippen LogP) is -0.765. The van der Waals surface area contributed by atoms with Crippen LogP contribution in [0.15, 0.2) is 12.5 Å². The number of carbonyl (C=O) groups excluding carboxylic acids is 2. The Balaban J connectivity index is 2.82. The summed E-state index contributed by atoms with van der Waals surface area (Å²) in [4.78, 5) is 27.2. The third-order valence-corrected chi connectivity index (χ3v) is 3.40. The Labute approximate surface area is 124 Å². The van der Waals surface area contributed by atoms with Crippen LogP contribution in [-0.2, 0) is 25.5 Å². The molecule has 0 bridgehead atoms. The van der Waals surface area contributed by atoms with E-state index in [0.717, 1.165) is 0 Å². The maximum absolute atomic E-state index is 11.6. The molecule has 0 saturated heterocycles. The van der Waals surface area contributed by atoms with Crippen LogP contribution in [0.2, 0.25) is 0 Å². The molecule has 1 heterocycles. The second kappa shape index (κ2) is 7.42. The van der Waals surface area contributed by atoms with Crippen LogP contribution in [0.3, 0.4) is 0 Å². The number of nitrogens with two attached hydrogens (primary N) is 1. The van der Waals surface area contributed by atoms with Gasteiger partial charge in [0.05, 0.1) is 30.4 Å². The standard InChI is InChI=1S/C10H19N4O3P3/c1-17-9(16)7(13-8(15)3-11)2-6-4-14(5-12-6)10(18,19)20/h4-5,7H,2-3,11,18-20H2,1H3,(H,13,15). The van der Waals surface area contributed by atoms with Gasteiger partial charge in [0, 0.05) is 12.6 Å². The van der Waals surface area contributed by atoms with Crippen molar-refractivity contribution in [3.8, 4) is 0 Å². The SMILES string of the molecule is COC(=O)C(Cc1cn(C(P)(P)P)cn1)NC(=O)CN. The lowest BCUT2D eigenvalue weighted by Gasteiger charge is -2.19. The van der Waals surface area contributed by atoms with Gasteiger partial charge in [-0.05, 0) is 0 Å².